The zero-order valence-corrected chi connectivity index (χ0v) is 9.00. The average Bonchev–Trinajstić information content (AvgIpc) is 2.13. The minimum Gasteiger partial charge on any atom is -0.313 e. The molecule has 0 fully saturated rings. The smallest absolute Gasteiger partial charge is 0.147 e. The number of aryl methyl sites for hydroxylation is 2. The predicted molar refractivity (Wildman–Crippen MR) is 53.0 cm³/mol. The maximum absolute atomic E-state index is 4.19. The average molecular weight is 213 g/mol. The van der Waals surface area contributed by atoms with Crippen LogP contribution in [0.3, 0.4) is 0 Å². The highest BCUT2D eigenvalue weighted by Crippen LogP contribution is 1.92. The lowest BCUT2D eigenvalue weighted by Gasteiger charge is -1.95. The molecule has 12 heavy (non-hydrogen) atoms. The fourth-order valence-electron chi connectivity index (χ4n) is 0.868. The zero-order valence-electron chi connectivity index (χ0n) is 7.37. The molecular weight excluding hydrogens is 199 g/mol. The van der Waals surface area contributed by atoms with Crippen molar-refractivity contribution in [2.75, 3.05) is 7.05 Å². The first kappa shape index (κ1) is 14.2. The normalized spacial score (nSPS) is 8.58. The van der Waals surface area contributed by atoms with Gasteiger partial charge in [-0.05, 0) is 14.0 Å². The fraction of sp³-hybridized carbons (Fsp3) is 0.667. The van der Waals surface area contributed by atoms with Gasteiger partial charge in [0.25, 0.3) is 0 Å². The summed E-state index contributed by atoms with van der Waals surface area (Å²) in [6.07, 6.45) is 0. The third kappa shape index (κ3) is 3.38. The number of nitrogens with one attached hydrogen (secondary N) is 1. The van der Waals surface area contributed by atoms with E-state index in [9.17, 15) is 0 Å². The largest absolute Gasteiger partial charge is 0.313 e. The van der Waals surface area contributed by atoms with Crippen LogP contribution in [0.5, 0.6) is 0 Å². The van der Waals surface area contributed by atoms with Gasteiger partial charge < -0.3 is 5.32 Å². The molecule has 1 aromatic heterocycles. The first-order valence-electron chi connectivity index (χ1n) is 3.25. The monoisotopic (exact) mass is 212 g/mol. The molecule has 1 rings (SSSR count). The Labute approximate surface area is 84.6 Å². The van der Waals surface area contributed by atoms with Gasteiger partial charge in [0.05, 0.1) is 6.54 Å². The Kier molecular flexibility index (Phi) is 7.37. The van der Waals surface area contributed by atoms with Crippen LogP contribution in [0, 0.1) is 6.92 Å². The highest BCUT2D eigenvalue weighted by atomic mass is 35.5. The van der Waals surface area contributed by atoms with E-state index < -0.39 is 0 Å². The quantitative estimate of drug-likeness (QED) is 0.785. The molecule has 1 heterocycles. The highest BCUT2D eigenvalue weighted by Gasteiger charge is 1.99. The molecule has 0 saturated heterocycles. The summed E-state index contributed by atoms with van der Waals surface area (Å²) in [4.78, 5) is 4.19. The van der Waals surface area contributed by atoms with Crippen LogP contribution in [0.1, 0.15) is 11.6 Å². The van der Waals surface area contributed by atoms with E-state index in [1.54, 1.807) is 4.68 Å². The van der Waals surface area contributed by atoms with Gasteiger partial charge >= 0.3 is 0 Å². The van der Waals surface area contributed by atoms with Crippen LogP contribution >= 0.6 is 24.8 Å². The van der Waals surface area contributed by atoms with Gasteiger partial charge in [0.1, 0.15) is 11.6 Å². The molecule has 0 spiro atoms. The maximum Gasteiger partial charge on any atom is 0.147 e. The van der Waals surface area contributed by atoms with Crippen molar-refractivity contribution < 1.29 is 0 Å². The van der Waals surface area contributed by atoms with Gasteiger partial charge in [-0.1, -0.05) is 0 Å². The van der Waals surface area contributed by atoms with E-state index in [2.05, 4.69) is 15.4 Å². The molecule has 1 aromatic rings. The first-order valence-corrected chi connectivity index (χ1v) is 3.25. The van der Waals surface area contributed by atoms with E-state index in [1.807, 2.05) is 21.0 Å². The van der Waals surface area contributed by atoms with Gasteiger partial charge in [-0.2, -0.15) is 5.10 Å². The van der Waals surface area contributed by atoms with E-state index in [-0.39, 0.29) is 24.8 Å². The van der Waals surface area contributed by atoms with Crippen LogP contribution in [0.25, 0.3) is 0 Å². The molecule has 0 atom stereocenters. The Morgan fingerprint density at radius 1 is 1.42 bits per heavy atom. The van der Waals surface area contributed by atoms with Crippen LogP contribution in [-0.2, 0) is 13.6 Å². The van der Waals surface area contributed by atoms with Crippen molar-refractivity contribution in [3.63, 3.8) is 0 Å². The molecule has 72 valence electrons. The number of nitrogens with zero attached hydrogens (tertiary/aromatic N) is 3. The molecule has 0 bridgehead atoms. The van der Waals surface area contributed by atoms with Crippen molar-refractivity contribution in [3.05, 3.63) is 11.6 Å². The molecule has 0 unspecified atom stereocenters. The zero-order chi connectivity index (χ0) is 7.56. The van der Waals surface area contributed by atoms with Gasteiger partial charge in [0.15, 0.2) is 0 Å². The molecular formula is C6H14Cl2N4. The lowest BCUT2D eigenvalue weighted by molar-refractivity contribution is 0.658. The number of hydrogen-bond donors (Lipinski definition) is 1. The molecule has 0 amide bonds. The second-order valence-corrected chi connectivity index (χ2v) is 2.23. The number of rotatable bonds is 2. The van der Waals surface area contributed by atoms with E-state index in [0.717, 1.165) is 18.2 Å². The number of halogens is 2. The van der Waals surface area contributed by atoms with Crippen molar-refractivity contribution in [1.82, 2.24) is 20.1 Å². The third-order valence-corrected chi connectivity index (χ3v) is 1.29. The summed E-state index contributed by atoms with van der Waals surface area (Å²) in [5.74, 6) is 1.80. The highest BCUT2D eigenvalue weighted by molar-refractivity contribution is 5.85. The molecule has 0 aliphatic rings. The topological polar surface area (TPSA) is 42.7 Å². The summed E-state index contributed by atoms with van der Waals surface area (Å²) in [6.45, 7) is 2.66. The van der Waals surface area contributed by atoms with Crippen LogP contribution < -0.4 is 5.32 Å². The second-order valence-electron chi connectivity index (χ2n) is 2.23. The third-order valence-electron chi connectivity index (χ3n) is 1.29. The number of hydrogen-bond acceptors (Lipinski definition) is 3. The standard InChI is InChI=1S/C6H12N4.2ClH/c1-5-8-6(4-7-2)10(3)9-5;;/h7H,4H2,1-3H3;2*1H. The maximum atomic E-state index is 4.19. The van der Waals surface area contributed by atoms with E-state index >= 15 is 0 Å². The van der Waals surface area contributed by atoms with Crippen molar-refractivity contribution in [3.8, 4) is 0 Å². The molecule has 0 radical (unpaired) electrons. The van der Waals surface area contributed by atoms with Gasteiger partial charge in [0, 0.05) is 7.05 Å². The van der Waals surface area contributed by atoms with Crippen LogP contribution in [0.15, 0.2) is 0 Å². The number of aromatic nitrogens is 3. The Morgan fingerprint density at radius 3 is 2.33 bits per heavy atom. The minimum absolute atomic E-state index is 0. The molecule has 0 saturated carbocycles. The van der Waals surface area contributed by atoms with E-state index in [4.69, 9.17) is 0 Å². The lowest BCUT2D eigenvalue weighted by Crippen LogP contribution is -2.10. The summed E-state index contributed by atoms with van der Waals surface area (Å²) < 4.78 is 1.78. The molecule has 1 N–H and O–H groups in total. The van der Waals surface area contributed by atoms with Crippen molar-refractivity contribution >= 4 is 24.8 Å². The Bertz CT molecular complexity index is 223. The molecule has 4 nitrogen and oxygen atoms in total. The Morgan fingerprint density at radius 2 is 2.00 bits per heavy atom. The van der Waals surface area contributed by atoms with Crippen molar-refractivity contribution in [1.29, 1.82) is 0 Å². The first-order chi connectivity index (χ1) is 4.74. The summed E-state index contributed by atoms with van der Waals surface area (Å²) in [5, 5.41) is 7.11. The summed E-state index contributed by atoms with van der Waals surface area (Å²) in [5.41, 5.74) is 0. The van der Waals surface area contributed by atoms with Gasteiger partial charge in [-0.15, -0.1) is 24.8 Å². The molecule has 0 aliphatic carbocycles. The summed E-state index contributed by atoms with van der Waals surface area (Å²) >= 11 is 0. The Balaban J connectivity index is 0. The Hall–Kier alpha value is -0.320. The van der Waals surface area contributed by atoms with Crippen LogP contribution in [0.4, 0.5) is 0 Å². The van der Waals surface area contributed by atoms with Crippen LogP contribution in [0.2, 0.25) is 0 Å². The second kappa shape index (κ2) is 6.22. The van der Waals surface area contributed by atoms with Gasteiger partial charge in [-0.3, -0.25) is 4.68 Å². The predicted octanol–water partition coefficient (Wildman–Crippen LogP) is 0.687. The minimum atomic E-state index is 0. The molecule has 0 aliphatic heterocycles. The van der Waals surface area contributed by atoms with Crippen LogP contribution in [-0.4, -0.2) is 21.8 Å². The van der Waals surface area contributed by atoms with Gasteiger partial charge in [0.2, 0.25) is 0 Å². The SMILES string of the molecule is CNCc1nc(C)nn1C.Cl.Cl. The van der Waals surface area contributed by atoms with Crippen molar-refractivity contribution in [2.45, 2.75) is 13.5 Å². The fourth-order valence-corrected chi connectivity index (χ4v) is 0.868. The lowest BCUT2D eigenvalue weighted by atomic mass is 10.6. The molecule has 6 heteroatoms. The van der Waals surface area contributed by atoms with E-state index in [1.165, 1.54) is 0 Å². The molecule has 0 aromatic carbocycles. The summed E-state index contributed by atoms with van der Waals surface area (Å²) in [7, 11) is 3.79. The van der Waals surface area contributed by atoms with E-state index in [0.29, 0.717) is 0 Å². The van der Waals surface area contributed by atoms with Crippen molar-refractivity contribution in [2.24, 2.45) is 7.05 Å². The van der Waals surface area contributed by atoms with Gasteiger partial charge in [-0.25, -0.2) is 4.98 Å². The summed E-state index contributed by atoms with van der Waals surface area (Å²) in [6, 6.07) is 0.